The lowest BCUT2D eigenvalue weighted by molar-refractivity contribution is 0.174. The molecule has 0 amide bonds. The number of hydrogen-bond donors (Lipinski definition) is 2. The summed E-state index contributed by atoms with van der Waals surface area (Å²) in [6.07, 6.45) is 0. The van der Waals surface area contributed by atoms with Gasteiger partial charge in [0.2, 0.25) is 6.79 Å². The zero-order chi connectivity index (χ0) is 20.3. The number of benzene rings is 3. The van der Waals surface area contributed by atoms with Gasteiger partial charge in [0, 0.05) is 23.4 Å². The third kappa shape index (κ3) is 3.53. The van der Waals surface area contributed by atoms with Gasteiger partial charge in [-0.1, -0.05) is 30.3 Å². The molecule has 1 aliphatic heterocycles. The fourth-order valence-electron chi connectivity index (χ4n) is 3.37. The minimum atomic E-state index is 0.274. The van der Waals surface area contributed by atoms with Crippen molar-refractivity contribution in [1.82, 2.24) is 15.2 Å². The molecular formula is C23H20N4O3. The summed E-state index contributed by atoms with van der Waals surface area (Å²) in [5.74, 6) is 3.65. The average molecular weight is 400 g/mol. The summed E-state index contributed by atoms with van der Waals surface area (Å²) < 4.78 is 16.1. The third-order valence-electron chi connectivity index (χ3n) is 4.92. The molecule has 0 radical (unpaired) electrons. The molecule has 4 aromatic rings. The highest BCUT2D eigenvalue weighted by Gasteiger charge is 2.14. The Balaban J connectivity index is 1.38. The summed E-state index contributed by atoms with van der Waals surface area (Å²) in [6, 6.07) is 21.6. The maximum Gasteiger partial charge on any atom is 0.231 e. The standard InChI is InChI=1S/C23H20N4O3/c1-28-17-6-4-5-16(12-17)22-25-23(27-26-22)18-7-2-3-8-19(18)24-13-15-9-10-20-21(11-15)30-14-29-20/h2-12,24H,13-14H2,1H3,(H,25,26,27). The van der Waals surface area contributed by atoms with Gasteiger partial charge in [0.1, 0.15) is 5.75 Å². The van der Waals surface area contributed by atoms with Gasteiger partial charge < -0.3 is 19.5 Å². The number of hydrogen-bond acceptors (Lipinski definition) is 6. The molecule has 1 aromatic heterocycles. The first-order valence-electron chi connectivity index (χ1n) is 9.59. The van der Waals surface area contributed by atoms with Crippen LogP contribution in [0.1, 0.15) is 5.56 Å². The molecule has 2 N–H and O–H groups in total. The number of ether oxygens (including phenoxy) is 3. The predicted octanol–water partition coefficient (Wildman–Crippen LogP) is 4.49. The molecule has 0 atom stereocenters. The van der Waals surface area contributed by atoms with Crippen molar-refractivity contribution in [1.29, 1.82) is 0 Å². The first kappa shape index (κ1) is 18.1. The van der Waals surface area contributed by atoms with Crippen LogP contribution in [0.15, 0.2) is 66.7 Å². The molecule has 0 saturated heterocycles. The topological polar surface area (TPSA) is 81.3 Å². The molecule has 0 spiro atoms. The molecule has 0 bridgehead atoms. The lowest BCUT2D eigenvalue weighted by atomic mass is 10.1. The van der Waals surface area contributed by atoms with Gasteiger partial charge in [0.05, 0.1) is 7.11 Å². The zero-order valence-corrected chi connectivity index (χ0v) is 16.4. The second-order valence-electron chi connectivity index (χ2n) is 6.83. The number of aromatic nitrogens is 3. The van der Waals surface area contributed by atoms with E-state index in [4.69, 9.17) is 19.2 Å². The van der Waals surface area contributed by atoms with Crippen molar-refractivity contribution < 1.29 is 14.2 Å². The van der Waals surface area contributed by atoms with Crippen molar-refractivity contribution in [2.75, 3.05) is 19.2 Å². The second kappa shape index (κ2) is 7.79. The van der Waals surface area contributed by atoms with Crippen LogP contribution in [-0.2, 0) is 6.54 Å². The molecular weight excluding hydrogens is 380 g/mol. The molecule has 5 rings (SSSR count). The van der Waals surface area contributed by atoms with Gasteiger partial charge in [-0.3, -0.25) is 5.10 Å². The quantitative estimate of drug-likeness (QED) is 0.496. The maximum absolute atomic E-state index is 5.46. The number of aromatic amines is 1. The Morgan fingerprint density at radius 1 is 1.00 bits per heavy atom. The molecule has 0 aliphatic carbocycles. The van der Waals surface area contributed by atoms with Crippen LogP contribution in [0, 0.1) is 0 Å². The SMILES string of the molecule is COc1cccc(-c2n[nH]c(-c3ccccc3NCc3ccc4c(c3)OCO4)n2)c1. The Kier molecular flexibility index (Phi) is 4.69. The van der Waals surface area contributed by atoms with E-state index < -0.39 is 0 Å². The monoisotopic (exact) mass is 400 g/mol. The average Bonchev–Trinajstić information content (AvgIpc) is 3.47. The number of rotatable bonds is 6. The van der Waals surface area contributed by atoms with Crippen LogP contribution in [0.5, 0.6) is 17.2 Å². The van der Waals surface area contributed by atoms with Crippen molar-refractivity contribution in [3.63, 3.8) is 0 Å². The number of para-hydroxylation sites is 1. The Morgan fingerprint density at radius 3 is 2.83 bits per heavy atom. The van der Waals surface area contributed by atoms with E-state index in [2.05, 4.69) is 15.5 Å². The Bertz CT molecular complexity index is 1190. The largest absolute Gasteiger partial charge is 0.497 e. The smallest absolute Gasteiger partial charge is 0.231 e. The lowest BCUT2D eigenvalue weighted by Gasteiger charge is -2.11. The van der Waals surface area contributed by atoms with Crippen molar-refractivity contribution in [3.05, 3.63) is 72.3 Å². The highest BCUT2D eigenvalue weighted by atomic mass is 16.7. The van der Waals surface area contributed by atoms with E-state index in [1.54, 1.807) is 7.11 Å². The van der Waals surface area contributed by atoms with Crippen LogP contribution in [0.3, 0.4) is 0 Å². The molecule has 0 unspecified atom stereocenters. The highest BCUT2D eigenvalue weighted by molar-refractivity contribution is 5.74. The van der Waals surface area contributed by atoms with Gasteiger partial charge in [-0.2, -0.15) is 5.10 Å². The molecule has 7 heteroatoms. The van der Waals surface area contributed by atoms with Gasteiger partial charge in [-0.05, 0) is 42.0 Å². The number of anilines is 1. The first-order valence-corrected chi connectivity index (χ1v) is 9.59. The van der Waals surface area contributed by atoms with Gasteiger partial charge >= 0.3 is 0 Å². The molecule has 150 valence electrons. The van der Waals surface area contributed by atoms with E-state index in [-0.39, 0.29) is 6.79 Å². The van der Waals surface area contributed by atoms with Crippen molar-refractivity contribution in [2.24, 2.45) is 0 Å². The zero-order valence-electron chi connectivity index (χ0n) is 16.4. The van der Waals surface area contributed by atoms with E-state index in [1.165, 1.54) is 0 Å². The fraction of sp³-hybridized carbons (Fsp3) is 0.130. The van der Waals surface area contributed by atoms with Gasteiger partial charge in [0.15, 0.2) is 23.1 Å². The normalized spacial score (nSPS) is 12.0. The van der Waals surface area contributed by atoms with Crippen LogP contribution in [-0.4, -0.2) is 29.1 Å². The number of H-pyrrole nitrogens is 1. The van der Waals surface area contributed by atoms with E-state index in [9.17, 15) is 0 Å². The fourth-order valence-corrected chi connectivity index (χ4v) is 3.37. The Labute approximate surface area is 173 Å². The van der Waals surface area contributed by atoms with Crippen LogP contribution >= 0.6 is 0 Å². The summed E-state index contributed by atoms with van der Waals surface area (Å²) in [7, 11) is 1.64. The second-order valence-corrected chi connectivity index (χ2v) is 6.83. The van der Waals surface area contributed by atoms with Crippen LogP contribution in [0.4, 0.5) is 5.69 Å². The van der Waals surface area contributed by atoms with E-state index in [0.29, 0.717) is 18.2 Å². The van der Waals surface area contributed by atoms with E-state index in [0.717, 1.165) is 39.6 Å². The van der Waals surface area contributed by atoms with Crippen molar-refractivity contribution in [2.45, 2.75) is 6.54 Å². The summed E-state index contributed by atoms with van der Waals surface area (Å²) in [5, 5.41) is 10.9. The Hall–Kier alpha value is -4.00. The van der Waals surface area contributed by atoms with E-state index >= 15 is 0 Å². The molecule has 7 nitrogen and oxygen atoms in total. The minimum Gasteiger partial charge on any atom is -0.497 e. The summed E-state index contributed by atoms with van der Waals surface area (Å²) in [6.45, 7) is 0.917. The van der Waals surface area contributed by atoms with Gasteiger partial charge in [0.25, 0.3) is 0 Å². The highest BCUT2D eigenvalue weighted by Crippen LogP contribution is 2.33. The molecule has 3 aromatic carbocycles. The van der Waals surface area contributed by atoms with Crippen LogP contribution in [0.25, 0.3) is 22.8 Å². The Morgan fingerprint density at radius 2 is 1.90 bits per heavy atom. The van der Waals surface area contributed by atoms with Crippen molar-refractivity contribution in [3.8, 4) is 40.0 Å². The predicted molar refractivity (Wildman–Crippen MR) is 114 cm³/mol. The maximum atomic E-state index is 5.46. The van der Waals surface area contributed by atoms with E-state index in [1.807, 2.05) is 66.7 Å². The van der Waals surface area contributed by atoms with Crippen LogP contribution < -0.4 is 19.5 Å². The summed E-state index contributed by atoms with van der Waals surface area (Å²) in [4.78, 5) is 4.69. The number of methoxy groups -OCH3 is 1. The third-order valence-corrected chi connectivity index (χ3v) is 4.92. The van der Waals surface area contributed by atoms with Crippen LogP contribution in [0.2, 0.25) is 0 Å². The number of fused-ring (bicyclic) bond motifs is 1. The molecule has 2 heterocycles. The number of nitrogens with zero attached hydrogens (tertiary/aromatic N) is 2. The minimum absolute atomic E-state index is 0.274. The van der Waals surface area contributed by atoms with Crippen molar-refractivity contribution >= 4 is 5.69 Å². The number of nitrogens with one attached hydrogen (secondary N) is 2. The summed E-state index contributed by atoms with van der Waals surface area (Å²) in [5.41, 5.74) is 3.90. The lowest BCUT2D eigenvalue weighted by Crippen LogP contribution is -2.01. The molecule has 0 fully saturated rings. The molecule has 30 heavy (non-hydrogen) atoms. The first-order chi connectivity index (χ1) is 14.8. The molecule has 1 aliphatic rings. The molecule has 0 saturated carbocycles. The van der Waals surface area contributed by atoms with Gasteiger partial charge in [-0.15, -0.1) is 0 Å². The summed E-state index contributed by atoms with van der Waals surface area (Å²) >= 11 is 0. The van der Waals surface area contributed by atoms with Gasteiger partial charge in [-0.25, -0.2) is 4.98 Å².